The van der Waals surface area contributed by atoms with Gasteiger partial charge in [-0.05, 0) is 66.0 Å². The molecule has 3 aliphatic rings. The van der Waals surface area contributed by atoms with E-state index in [4.69, 9.17) is 21.2 Å². The Hall–Kier alpha value is -3.18. The average Bonchev–Trinajstić information content (AvgIpc) is 3.62. The third kappa shape index (κ3) is 4.41. The van der Waals surface area contributed by atoms with E-state index in [1.165, 1.54) is 40.6 Å². The van der Waals surface area contributed by atoms with Crippen molar-refractivity contribution < 1.29 is 23.6 Å². The molecule has 3 N–H and O–H groups in total. The fraction of sp³-hybridized carbons (Fsp3) is 0.407. The number of hydroxylamine groups is 1. The SMILES string of the molecule is CC1CNCCC1(C(=O)[C@@]1(N(C)C(=O)Oc2ccc(F)cc2)CNC[C@H]1c1ccc(Cl)cc1)N1NC=CO1. The second kappa shape index (κ2) is 10.5. The van der Waals surface area contributed by atoms with Crippen molar-refractivity contribution in [2.24, 2.45) is 5.92 Å². The molecule has 1 amide bonds. The third-order valence-electron chi connectivity index (χ3n) is 8.01. The van der Waals surface area contributed by atoms with Gasteiger partial charge in [0.25, 0.3) is 0 Å². The molecular formula is C27H31ClFN5O4. The van der Waals surface area contributed by atoms with E-state index in [0.717, 1.165) is 5.56 Å². The van der Waals surface area contributed by atoms with Crippen LogP contribution >= 0.6 is 11.6 Å². The molecule has 0 aliphatic carbocycles. The Labute approximate surface area is 225 Å². The van der Waals surface area contributed by atoms with Crippen LogP contribution in [-0.2, 0) is 9.63 Å². The maximum absolute atomic E-state index is 15.2. The zero-order valence-electron chi connectivity index (χ0n) is 21.2. The van der Waals surface area contributed by atoms with Crippen molar-refractivity contribution in [1.82, 2.24) is 26.1 Å². The summed E-state index contributed by atoms with van der Waals surface area (Å²) in [4.78, 5) is 36.0. The number of ether oxygens (including phenoxy) is 1. The first kappa shape index (κ1) is 26.4. The standard InChI is InChI=1S/C27H31ClFN5O4/c1-18-15-30-12-11-26(18,34-32-13-14-37-34)24(35)27(17-31-16-23(27)19-3-5-20(28)6-4-19)33(2)25(36)38-22-9-7-21(29)8-10-22/h3-10,13-14,18,23,30-32H,11-12,15-17H2,1-2H3/t18?,23-,26?,27+/m0/s1. The number of hydrazine groups is 1. The molecule has 2 fully saturated rings. The molecule has 2 unspecified atom stereocenters. The van der Waals surface area contributed by atoms with E-state index in [-0.39, 0.29) is 24.0 Å². The Kier molecular flexibility index (Phi) is 7.32. The largest absolute Gasteiger partial charge is 0.415 e. The molecule has 0 bridgehead atoms. The Balaban J connectivity index is 1.60. The van der Waals surface area contributed by atoms with Crippen molar-refractivity contribution in [3.63, 3.8) is 0 Å². The number of carbonyl (C=O) groups excluding carboxylic acids is 2. The second-order valence-corrected chi connectivity index (χ2v) is 10.4. The topological polar surface area (TPSA) is 95.2 Å². The van der Waals surface area contributed by atoms with E-state index >= 15 is 4.79 Å². The summed E-state index contributed by atoms with van der Waals surface area (Å²) in [5.74, 6) is -1.01. The van der Waals surface area contributed by atoms with Gasteiger partial charge in [0.1, 0.15) is 28.9 Å². The zero-order valence-corrected chi connectivity index (χ0v) is 22.0. The van der Waals surface area contributed by atoms with Crippen molar-refractivity contribution in [3.8, 4) is 5.75 Å². The van der Waals surface area contributed by atoms with Gasteiger partial charge in [0, 0.05) is 37.6 Å². The number of hydrogen-bond donors (Lipinski definition) is 3. The van der Waals surface area contributed by atoms with Crippen molar-refractivity contribution in [2.75, 3.05) is 33.2 Å². The first-order valence-electron chi connectivity index (χ1n) is 12.6. The molecule has 2 aromatic carbocycles. The summed E-state index contributed by atoms with van der Waals surface area (Å²) in [5, 5.41) is 8.81. The normalized spacial score (nSPS) is 28.9. The van der Waals surface area contributed by atoms with Crippen LogP contribution in [0.1, 0.15) is 24.8 Å². The molecule has 0 radical (unpaired) electrons. The third-order valence-corrected chi connectivity index (χ3v) is 8.26. The summed E-state index contributed by atoms with van der Waals surface area (Å²) in [6.07, 6.45) is 2.86. The van der Waals surface area contributed by atoms with Crippen LogP contribution in [0.4, 0.5) is 9.18 Å². The number of halogens is 2. The average molecular weight is 544 g/mol. The van der Waals surface area contributed by atoms with Gasteiger partial charge in [-0.2, -0.15) is 0 Å². The van der Waals surface area contributed by atoms with E-state index in [0.29, 0.717) is 31.1 Å². The van der Waals surface area contributed by atoms with Crippen molar-refractivity contribution in [1.29, 1.82) is 0 Å². The van der Waals surface area contributed by atoms with Crippen molar-refractivity contribution >= 4 is 23.5 Å². The number of rotatable bonds is 6. The summed E-state index contributed by atoms with van der Waals surface area (Å²) in [5.41, 5.74) is 1.48. The van der Waals surface area contributed by atoms with Crippen LogP contribution in [0.2, 0.25) is 5.02 Å². The highest BCUT2D eigenvalue weighted by atomic mass is 35.5. The lowest BCUT2D eigenvalue weighted by atomic mass is 9.65. The lowest BCUT2D eigenvalue weighted by molar-refractivity contribution is -0.219. The quantitative estimate of drug-likeness (QED) is 0.511. The molecule has 3 heterocycles. The number of piperidine rings is 1. The first-order valence-corrected chi connectivity index (χ1v) is 13.0. The molecule has 202 valence electrons. The molecule has 3 aliphatic heterocycles. The van der Waals surface area contributed by atoms with Gasteiger partial charge in [-0.25, -0.2) is 9.18 Å². The van der Waals surface area contributed by atoms with Crippen LogP contribution < -0.4 is 20.8 Å². The lowest BCUT2D eigenvalue weighted by Gasteiger charge is -2.52. The Morgan fingerprint density at radius 1 is 1.13 bits per heavy atom. The van der Waals surface area contributed by atoms with Gasteiger partial charge < -0.3 is 20.2 Å². The van der Waals surface area contributed by atoms with E-state index in [9.17, 15) is 9.18 Å². The van der Waals surface area contributed by atoms with E-state index < -0.39 is 28.9 Å². The minimum absolute atomic E-state index is 0.166. The number of carbonyl (C=O) groups is 2. The molecule has 38 heavy (non-hydrogen) atoms. The van der Waals surface area contributed by atoms with Crippen molar-refractivity contribution in [2.45, 2.75) is 30.3 Å². The van der Waals surface area contributed by atoms with Crippen LogP contribution in [0.5, 0.6) is 5.75 Å². The Morgan fingerprint density at radius 3 is 2.53 bits per heavy atom. The monoisotopic (exact) mass is 543 g/mol. The van der Waals surface area contributed by atoms with E-state index in [1.54, 1.807) is 25.4 Å². The van der Waals surface area contributed by atoms with E-state index in [2.05, 4.69) is 16.1 Å². The molecule has 11 heteroatoms. The van der Waals surface area contributed by atoms with Gasteiger partial charge in [0.2, 0.25) is 0 Å². The highest BCUT2D eigenvalue weighted by Crippen LogP contribution is 2.45. The summed E-state index contributed by atoms with van der Waals surface area (Å²) >= 11 is 6.18. The minimum Gasteiger partial charge on any atom is -0.410 e. The molecule has 9 nitrogen and oxygen atoms in total. The van der Waals surface area contributed by atoms with Crippen LogP contribution in [0.15, 0.2) is 61.0 Å². The van der Waals surface area contributed by atoms with E-state index in [1.807, 2.05) is 19.1 Å². The molecule has 0 spiro atoms. The van der Waals surface area contributed by atoms with Crippen LogP contribution in [0.25, 0.3) is 0 Å². The molecule has 5 rings (SSSR count). The van der Waals surface area contributed by atoms with Gasteiger partial charge in [0.05, 0.1) is 6.20 Å². The Bertz CT molecular complexity index is 1200. The maximum Gasteiger partial charge on any atom is 0.415 e. The smallest absolute Gasteiger partial charge is 0.410 e. The fourth-order valence-electron chi connectivity index (χ4n) is 5.91. The van der Waals surface area contributed by atoms with Gasteiger partial charge in [-0.1, -0.05) is 30.7 Å². The summed E-state index contributed by atoms with van der Waals surface area (Å²) in [7, 11) is 1.58. The predicted molar refractivity (Wildman–Crippen MR) is 140 cm³/mol. The van der Waals surface area contributed by atoms with Gasteiger partial charge in [-0.15, -0.1) is 0 Å². The van der Waals surface area contributed by atoms with Gasteiger partial charge in [0.15, 0.2) is 5.78 Å². The minimum atomic E-state index is -1.34. The lowest BCUT2D eigenvalue weighted by Crippen LogP contribution is -2.74. The second-order valence-electron chi connectivity index (χ2n) is 9.98. The first-order chi connectivity index (χ1) is 18.3. The number of likely N-dealkylation sites (N-methyl/N-ethyl adjacent to an activating group) is 1. The number of Topliss-reactive ketones (excluding diaryl/α,β-unsaturated/α-hetero) is 1. The van der Waals surface area contributed by atoms with Crippen LogP contribution in [0, 0.1) is 11.7 Å². The summed E-state index contributed by atoms with van der Waals surface area (Å²) < 4.78 is 19.1. The molecule has 0 saturated carbocycles. The number of ketones is 1. The number of hydrogen-bond acceptors (Lipinski definition) is 8. The summed E-state index contributed by atoms with van der Waals surface area (Å²) in [6, 6.07) is 12.5. The fourth-order valence-corrected chi connectivity index (χ4v) is 6.04. The van der Waals surface area contributed by atoms with Crippen molar-refractivity contribution in [3.05, 3.63) is 77.4 Å². The highest BCUT2D eigenvalue weighted by molar-refractivity contribution is 6.30. The highest BCUT2D eigenvalue weighted by Gasteiger charge is 2.65. The maximum atomic E-state index is 15.2. The molecular weight excluding hydrogens is 513 g/mol. The molecule has 2 aromatic rings. The van der Waals surface area contributed by atoms with Gasteiger partial charge >= 0.3 is 6.09 Å². The number of benzene rings is 2. The summed E-state index contributed by atoms with van der Waals surface area (Å²) in [6.45, 7) is 3.84. The molecule has 2 saturated heterocycles. The Morgan fingerprint density at radius 2 is 1.87 bits per heavy atom. The number of nitrogens with one attached hydrogen (secondary N) is 3. The predicted octanol–water partition coefficient (Wildman–Crippen LogP) is 3.20. The molecule has 0 aromatic heterocycles. The number of amides is 1. The van der Waals surface area contributed by atoms with Crippen LogP contribution in [-0.4, -0.2) is 66.3 Å². The zero-order chi connectivity index (χ0) is 26.9. The number of nitrogens with zero attached hydrogens (tertiary/aromatic N) is 2. The van der Waals surface area contributed by atoms with Gasteiger partial charge in [-0.3, -0.25) is 15.1 Å². The van der Waals surface area contributed by atoms with Crippen LogP contribution in [0.3, 0.4) is 0 Å². The molecule has 4 atom stereocenters.